The van der Waals surface area contributed by atoms with Crippen molar-refractivity contribution in [2.24, 2.45) is 0 Å². The van der Waals surface area contributed by atoms with Crippen LogP contribution in [0.4, 0.5) is 28.9 Å². The fourth-order valence-corrected chi connectivity index (χ4v) is 5.46. The molecule has 2 N–H and O–H groups in total. The second-order valence-corrected chi connectivity index (χ2v) is 9.84. The molecule has 0 saturated carbocycles. The summed E-state index contributed by atoms with van der Waals surface area (Å²) in [4.78, 5) is 11.1. The fraction of sp³-hybridized carbons (Fsp3) is 0.409. The number of rotatable bonds is 3. The Morgan fingerprint density at radius 2 is 1.66 bits per heavy atom. The summed E-state index contributed by atoms with van der Waals surface area (Å²) in [6.07, 6.45) is -5.08. The van der Waals surface area contributed by atoms with Gasteiger partial charge in [0.25, 0.3) is 10.0 Å². The summed E-state index contributed by atoms with van der Waals surface area (Å²) in [6, 6.07) is 7.72. The van der Waals surface area contributed by atoms with Crippen LogP contribution in [0.5, 0.6) is 5.75 Å². The minimum absolute atomic E-state index is 0.00872. The van der Waals surface area contributed by atoms with Crippen LogP contribution in [0.1, 0.15) is 11.1 Å². The molecule has 1 saturated heterocycles. The number of fused-ring (bicyclic) bond motifs is 1. The van der Waals surface area contributed by atoms with E-state index in [4.69, 9.17) is 14.6 Å². The van der Waals surface area contributed by atoms with Gasteiger partial charge >= 0.3 is 12.1 Å². The molecule has 0 amide bonds. The number of carboxylic acids is 1. The highest BCUT2D eigenvalue weighted by atomic mass is 32.2. The molecule has 2 aromatic carbocycles. The number of carboxylic acid groups (broad SMARTS) is 1. The van der Waals surface area contributed by atoms with Gasteiger partial charge < -0.3 is 20.1 Å². The highest BCUT2D eigenvalue weighted by molar-refractivity contribution is 7.92. The Morgan fingerprint density at radius 3 is 2.26 bits per heavy atom. The Kier molecular flexibility index (Phi) is 7.80. The van der Waals surface area contributed by atoms with Crippen LogP contribution in [0.2, 0.25) is 0 Å². The summed E-state index contributed by atoms with van der Waals surface area (Å²) in [5.41, 5.74) is 2.90. The first-order valence-corrected chi connectivity index (χ1v) is 12.1. The molecule has 0 spiro atoms. The third kappa shape index (κ3) is 5.96. The molecular weight excluding hydrogens is 494 g/mol. The fourth-order valence-electron chi connectivity index (χ4n) is 3.78. The van der Waals surface area contributed by atoms with E-state index in [0.29, 0.717) is 17.0 Å². The standard InChI is InChI=1S/C20H24FN3O3S.C2HF3O2/c1-14-11-17(23-7-5-22-6-8-23)20-18(12-14)24(9-10-27-20)28(25,26)19-13-16(21)4-3-15(19)2;3-2(4,5)1(6)7/h3-4,11-13,22H,5-10H2,1-2H3;(H,6,7). The van der Waals surface area contributed by atoms with E-state index in [0.717, 1.165) is 43.5 Å². The van der Waals surface area contributed by atoms with Crippen LogP contribution in [-0.4, -0.2) is 65.0 Å². The van der Waals surface area contributed by atoms with Gasteiger partial charge in [-0.3, -0.25) is 4.31 Å². The predicted octanol–water partition coefficient (Wildman–Crippen LogP) is 3.07. The van der Waals surface area contributed by atoms with E-state index in [9.17, 15) is 26.0 Å². The van der Waals surface area contributed by atoms with Crippen LogP contribution in [0.3, 0.4) is 0 Å². The molecule has 2 heterocycles. The maximum absolute atomic E-state index is 13.8. The summed E-state index contributed by atoms with van der Waals surface area (Å²) in [5, 5.41) is 10.4. The number of aliphatic carboxylic acids is 1. The molecule has 0 aliphatic carbocycles. The number of benzene rings is 2. The summed E-state index contributed by atoms with van der Waals surface area (Å²) in [7, 11) is -3.91. The van der Waals surface area contributed by atoms with Gasteiger partial charge in [0, 0.05) is 26.2 Å². The highest BCUT2D eigenvalue weighted by Gasteiger charge is 2.38. The van der Waals surface area contributed by atoms with Crippen molar-refractivity contribution in [1.29, 1.82) is 0 Å². The van der Waals surface area contributed by atoms with Crippen molar-refractivity contribution in [3.63, 3.8) is 0 Å². The first kappa shape index (κ1) is 26.5. The Hall–Kier alpha value is -3.06. The van der Waals surface area contributed by atoms with E-state index >= 15 is 0 Å². The molecule has 2 aliphatic rings. The summed E-state index contributed by atoms with van der Waals surface area (Å²) >= 11 is 0. The number of nitrogens with one attached hydrogen (secondary N) is 1. The summed E-state index contributed by atoms with van der Waals surface area (Å²) in [5.74, 6) is -2.74. The molecule has 4 rings (SSSR count). The van der Waals surface area contributed by atoms with Crippen molar-refractivity contribution in [2.75, 3.05) is 48.5 Å². The number of carbonyl (C=O) groups is 1. The van der Waals surface area contributed by atoms with Gasteiger partial charge in [0.05, 0.1) is 22.8 Å². The van der Waals surface area contributed by atoms with Crippen LogP contribution >= 0.6 is 0 Å². The van der Waals surface area contributed by atoms with Gasteiger partial charge in [-0.2, -0.15) is 13.2 Å². The number of alkyl halides is 3. The number of piperazine rings is 1. The number of sulfonamides is 1. The van der Waals surface area contributed by atoms with Crippen molar-refractivity contribution in [3.8, 4) is 5.75 Å². The first-order chi connectivity index (χ1) is 16.3. The molecule has 2 aromatic rings. The van der Waals surface area contributed by atoms with Crippen LogP contribution < -0.4 is 19.3 Å². The maximum atomic E-state index is 13.8. The number of anilines is 2. The molecular formula is C22H25F4N3O5S. The lowest BCUT2D eigenvalue weighted by Crippen LogP contribution is -2.44. The zero-order valence-electron chi connectivity index (χ0n) is 19.0. The maximum Gasteiger partial charge on any atom is 0.490 e. The van der Waals surface area contributed by atoms with Crippen molar-refractivity contribution in [3.05, 3.63) is 47.3 Å². The Morgan fingerprint density at radius 1 is 1.06 bits per heavy atom. The molecule has 13 heteroatoms. The molecule has 8 nitrogen and oxygen atoms in total. The van der Waals surface area contributed by atoms with Gasteiger partial charge in [-0.15, -0.1) is 0 Å². The lowest BCUT2D eigenvalue weighted by molar-refractivity contribution is -0.192. The average molecular weight is 520 g/mol. The van der Waals surface area contributed by atoms with Crippen LogP contribution in [0, 0.1) is 19.7 Å². The number of hydrogen-bond donors (Lipinski definition) is 2. The van der Waals surface area contributed by atoms with Crippen LogP contribution in [0.15, 0.2) is 35.2 Å². The first-order valence-electron chi connectivity index (χ1n) is 10.6. The molecule has 0 bridgehead atoms. The Balaban J connectivity index is 0.000000429. The predicted molar refractivity (Wildman–Crippen MR) is 121 cm³/mol. The van der Waals surface area contributed by atoms with E-state index in [1.54, 1.807) is 6.92 Å². The normalized spacial score (nSPS) is 16.1. The third-order valence-electron chi connectivity index (χ3n) is 5.42. The van der Waals surface area contributed by atoms with Gasteiger partial charge in [-0.05, 0) is 49.2 Å². The van der Waals surface area contributed by atoms with E-state index in [-0.39, 0.29) is 18.0 Å². The van der Waals surface area contributed by atoms with E-state index in [1.807, 2.05) is 19.1 Å². The minimum Gasteiger partial charge on any atom is -0.487 e. The molecule has 0 unspecified atom stereocenters. The van der Waals surface area contributed by atoms with Crippen LogP contribution in [-0.2, 0) is 14.8 Å². The van der Waals surface area contributed by atoms with Gasteiger partial charge in [0.2, 0.25) is 0 Å². The number of halogens is 4. The average Bonchev–Trinajstić information content (AvgIpc) is 2.80. The molecule has 192 valence electrons. The second-order valence-electron chi connectivity index (χ2n) is 8.01. The van der Waals surface area contributed by atoms with Gasteiger partial charge in [-0.1, -0.05) is 6.07 Å². The summed E-state index contributed by atoms with van der Waals surface area (Å²) < 4.78 is 79.6. The van der Waals surface area contributed by atoms with E-state index in [1.165, 1.54) is 16.4 Å². The Bertz CT molecular complexity index is 1200. The second kappa shape index (κ2) is 10.3. The number of ether oxygens (including phenoxy) is 1. The van der Waals surface area contributed by atoms with Gasteiger partial charge in [0.1, 0.15) is 12.4 Å². The highest BCUT2D eigenvalue weighted by Crippen LogP contribution is 2.43. The van der Waals surface area contributed by atoms with Gasteiger partial charge in [0.15, 0.2) is 5.75 Å². The van der Waals surface area contributed by atoms with E-state index < -0.39 is 28.0 Å². The molecule has 0 aromatic heterocycles. The number of hydrogen-bond acceptors (Lipinski definition) is 6. The SMILES string of the molecule is Cc1cc(N2CCNCC2)c2c(c1)N(S(=O)(=O)c1cc(F)ccc1C)CCO2.O=C(O)C(F)(F)F. The topological polar surface area (TPSA) is 99.2 Å². The van der Waals surface area contributed by atoms with Crippen molar-refractivity contribution < 1.29 is 40.6 Å². The summed E-state index contributed by atoms with van der Waals surface area (Å²) in [6.45, 7) is 7.46. The van der Waals surface area contributed by atoms with Crippen molar-refractivity contribution in [2.45, 2.75) is 24.9 Å². The van der Waals surface area contributed by atoms with E-state index in [2.05, 4.69) is 10.2 Å². The van der Waals surface area contributed by atoms with Crippen LogP contribution in [0.25, 0.3) is 0 Å². The van der Waals surface area contributed by atoms with Gasteiger partial charge in [-0.25, -0.2) is 17.6 Å². The largest absolute Gasteiger partial charge is 0.490 e. The molecule has 0 atom stereocenters. The zero-order valence-corrected chi connectivity index (χ0v) is 19.8. The minimum atomic E-state index is -5.08. The lowest BCUT2D eigenvalue weighted by atomic mass is 10.1. The lowest BCUT2D eigenvalue weighted by Gasteiger charge is -2.36. The molecule has 0 radical (unpaired) electrons. The quantitative estimate of drug-likeness (QED) is 0.602. The smallest absolute Gasteiger partial charge is 0.487 e. The zero-order chi connectivity index (χ0) is 26.0. The number of nitrogens with zero attached hydrogens (tertiary/aromatic N) is 2. The molecule has 1 fully saturated rings. The molecule has 35 heavy (non-hydrogen) atoms. The van der Waals surface area contributed by atoms with Crippen molar-refractivity contribution >= 4 is 27.4 Å². The molecule has 2 aliphatic heterocycles. The number of aryl methyl sites for hydroxylation is 2. The van der Waals surface area contributed by atoms with Crippen molar-refractivity contribution in [1.82, 2.24) is 5.32 Å². The monoisotopic (exact) mass is 519 g/mol. The third-order valence-corrected chi connectivity index (χ3v) is 7.38. The Labute approximate surface area is 200 Å².